The Labute approximate surface area is 181 Å². The third-order valence-corrected chi connectivity index (χ3v) is 7.25. The second-order valence-electron chi connectivity index (χ2n) is 7.34. The lowest BCUT2D eigenvalue weighted by Gasteiger charge is -2.47. The van der Waals surface area contributed by atoms with Gasteiger partial charge < -0.3 is 5.32 Å². The number of rotatable bonds is 8. The molecule has 0 bridgehead atoms. The van der Waals surface area contributed by atoms with Crippen molar-refractivity contribution in [3.8, 4) is 0 Å². The van der Waals surface area contributed by atoms with E-state index in [4.69, 9.17) is 23.2 Å². The molecule has 1 aliphatic carbocycles. The van der Waals surface area contributed by atoms with Crippen molar-refractivity contribution in [2.24, 2.45) is 0 Å². The van der Waals surface area contributed by atoms with E-state index in [0.717, 1.165) is 5.69 Å². The number of nitrogens with zero attached hydrogens (tertiary/aromatic N) is 1. The summed E-state index contributed by atoms with van der Waals surface area (Å²) >= 11 is 12.0. The van der Waals surface area contributed by atoms with Gasteiger partial charge in [0.15, 0.2) is 0 Å². The van der Waals surface area contributed by atoms with E-state index >= 15 is 0 Å². The molecule has 0 unspecified atom stereocenters. The Hall–Kier alpha value is -1.67. The van der Waals surface area contributed by atoms with Gasteiger partial charge in [-0.3, -0.25) is 9.78 Å². The van der Waals surface area contributed by atoms with Gasteiger partial charge >= 0.3 is 0 Å². The molecule has 156 valence electrons. The molecule has 0 aliphatic heterocycles. The Morgan fingerprint density at radius 3 is 2.62 bits per heavy atom. The molecule has 0 spiro atoms. The molecule has 9 heteroatoms. The van der Waals surface area contributed by atoms with Crippen molar-refractivity contribution in [2.75, 3.05) is 12.3 Å². The first-order valence-electron chi connectivity index (χ1n) is 9.39. The van der Waals surface area contributed by atoms with Crippen LogP contribution in [-0.2, 0) is 15.4 Å². The second-order valence-corrected chi connectivity index (χ2v) is 10.1. The Kier molecular flexibility index (Phi) is 6.83. The highest BCUT2D eigenvalue weighted by Gasteiger charge is 2.47. The van der Waals surface area contributed by atoms with Crippen LogP contribution in [0, 0.1) is 0 Å². The number of nitrogens with one attached hydrogen (secondary N) is 2. The predicted molar refractivity (Wildman–Crippen MR) is 115 cm³/mol. The molecule has 1 aromatic heterocycles. The van der Waals surface area contributed by atoms with Crippen LogP contribution in [0.3, 0.4) is 0 Å². The number of hydrogen-bond donors (Lipinski definition) is 2. The number of halogens is 2. The van der Waals surface area contributed by atoms with Gasteiger partial charge in [-0.2, -0.15) is 0 Å². The fourth-order valence-corrected chi connectivity index (χ4v) is 5.51. The predicted octanol–water partition coefficient (Wildman–Crippen LogP) is 3.55. The lowest BCUT2D eigenvalue weighted by Crippen LogP contribution is -2.58. The summed E-state index contributed by atoms with van der Waals surface area (Å²) in [6.45, 7) is 2.16. The summed E-state index contributed by atoms with van der Waals surface area (Å²) in [5, 5.41) is 3.66. The van der Waals surface area contributed by atoms with Crippen molar-refractivity contribution < 1.29 is 13.2 Å². The van der Waals surface area contributed by atoms with Crippen molar-refractivity contribution in [3.63, 3.8) is 0 Å². The van der Waals surface area contributed by atoms with Crippen molar-refractivity contribution in [1.82, 2.24) is 15.0 Å². The largest absolute Gasteiger partial charge is 0.351 e. The van der Waals surface area contributed by atoms with E-state index in [9.17, 15) is 13.2 Å². The molecule has 1 heterocycles. The number of amides is 1. The van der Waals surface area contributed by atoms with Crippen molar-refractivity contribution in [2.45, 2.75) is 37.6 Å². The molecule has 1 saturated carbocycles. The lowest BCUT2D eigenvalue weighted by atomic mass is 9.63. The highest BCUT2D eigenvalue weighted by atomic mass is 35.5. The zero-order valence-electron chi connectivity index (χ0n) is 16.0. The van der Waals surface area contributed by atoms with Gasteiger partial charge in [-0.1, -0.05) is 36.2 Å². The van der Waals surface area contributed by atoms with Crippen molar-refractivity contribution >= 4 is 39.1 Å². The highest BCUT2D eigenvalue weighted by molar-refractivity contribution is 7.89. The van der Waals surface area contributed by atoms with E-state index in [1.807, 2.05) is 25.1 Å². The number of pyridine rings is 1. The monoisotopic (exact) mass is 455 g/mol. The van der Waals surface area contributed by atoms with Crippen LogP contribution >= 0.6 is 23.2 Å². The topological polar surface area (TPSA) is 88.2 Å². The smallest absolute Gasteiger partial charge is 0.252 e. The standard InChI is InChI=1S/C20H23Cl2N3O3S/c1-2-9-29(27,28)25-15-11-20(12-15,18-5-3-4-8-23-18)13-24-19(26)16-7-6-14(21)10-17(16)22/h3-8,10,15,25H,2,9,11-13H2,1H3,(H,24,26). The molecule has 2 N–H and O–H groups in total. The van der Waals surface area contributed by atoms with Crippen molar-refractivity contribution in [3.05, 3.63) is 63.9 Å². The minimum absolute atomic E-state index is 0.103. The van der Waals surface area contributed by atoms with E-state index in [2.05, 4.69) is 15.0 Å². The molecule has 3 rings (SSSR count). The van der Waals surface area contributed by atoms with Gasteiger partial charge in [0.1, 0.15) is 0 Å². The van der Waals surface area contributed by atoms with E-state index in [0.29, 0.717) is 36.4 Å². The molecule has 29 heavy (non-hydrogen) atoms. The van der Waals surface area contributed by atoms with Crippen LogP contribution in [-0.4, -0.2) is 37.6 Å². The summed E-state index contributed by atoms with van der Waals surface area (Å²) in [5.74, 6) is -0.205. The van der Waals surface area contributed by atoms with Crippen LogP contribution in [0.1, 0.15) is 42.2 Å². The number of sulfonamides is 1. The number of carbonyl (C=O) groups excluding carboxylic acids is 1. The number of carbonyl (C=O) groups is 1. The second kappa shape index (κ2) is 9.00. The summed E-state index contributed by atoms with van der Waals surface area (Å²) in [6.07, 6.45) is 3.37. The molecule has 1 aromatic carbocycles. The molecular weight excluding hydrogens is 433 g/mol. The first-order valence-corrected chi connectivity index (χ1v) is 11.8. The average Bonchev–Trinajstić information content (AvgIpc) is 2.63. The summed E-state index contributed by atoms with van der Waals surface area (Å²) < 4.78 is 26.9. The molecule has 0 radical (unpaired) electrons. The van der Waals surface area contributed by atoms with E-state index in [1.54, 1.807) is 18.3 Å². The fourth-order valence-electron chi connectivity index (χ4n) is 3.69. The Bertz CT molecular complexity index is 978. The molecule has 1 amide bonds. The van der Waals surface area contributed by atoms with Gasteiger partial charge in [-0.15, -0.1) is 0 Å². The molecule has 1 aliphatic rings. The Balaban J connectivity index is 1.72. The van der Waals surface area contributed by atoms with Crippen LogP contribution in [0.15, 0.2) is 42.6 Å². The van der Waals surface area contributed by atoms with Gasteiger partial charge in [0.05, 0.1) is 16.3 Å². The maximum Gasteiger partial charge on any atom is 0.252 e. The third-order valence-electron chi connectivity index (χ3n) is 5.06. The van der Waals surface area contributed by atoms with Crippen molar-refractivity contribution in [1.29, 1.82) is 0 Å². The highest BCUT2D eigenvalue weighted by Crippen LogP contribution is 2.43. The Morgan fingerprint density at radius 2 is 2.00 bits per heavy atom. The lowest BCUT2D eigenvalue weighted by molar-refractivity contribution is 0.0914. The van der Waals surface area contributed by atoms with Gasteiger partial charge in [-0.05, 0) is 49.6 Å². The van der Waals surface area contributed by atoms with E-state index in [1.165, 1.54) is 6.07 Å². The number of aromatic nitrogens is 1. The van der Waals surface area contributed by atoms with E-state index in [-0.39, 0.29) is 22.7 Å². The van der Waals surface area contributed by atoms with E-state index < -0.39 is 15.4 Å². The van der Waals surface area contributed by atoms with Crippen LogP contribution in [0.5, 0.6) is 0 Å². The molecule has 1 fully saturated rings. The third kappa shape index (κ3) is 5.28. The summed E-state index contributed by atoms with van der Waals surface area (Å²) in [6, 6.07) is 10.1. The first-order chi connectivity index (χ1) is 13.7. The zero-order valence-corrected chi connectivity index (χ0v) is 18.3. The number of benzene rings is 1. The fraction of sp³-hybridized carbons (Fsp3) is 0.400. The molecular formula is C20H23Cl2N3O3S. The maximum atomic E-state index is 12.6. The molecule has 6 nitrogen and oxygen atoms in total. The summed E-state index contributed by atoms with van der Waals surface area (Å²) in [7, 11) is -3.30. The summed E-state index contributed by atoms with van der Waals surface area (Å²) in [4.78, 5) is 17.1. The van der Waals surface area contributed by atoms with Crippen LogP contribution < -0.4 is 10.0 Å². The number of hydrogen-bond acceptors (Lipinski definition) is 4. The average molecular weight is 456 g/mol. The van der Waals surface area contributed by atoms with Gasteiger partial charge in [0, 0.05) is 34.9 Å². The first kappa shape index (κ1) is 22.0. The van der Waals surface area contributed by atoms with Crippen LogP contribution in [0.25, 0.3) is 0 Å². The van der Waals surface area contributed by atoms with Gasteiger partial charge in [0.2, 0.25) is 10.0 Å². The molecule has 2 aromatic rings. The molecule has 0 atom stereocenters. The summed E-state index contributed by atoms with van der Waals surface area (Å²) in [5.41, 5.74) is 0.732. The Morgan fingerprint density at radius 1 is 1.24 bits per heavy atom. The van der Waals surface area contributed by atoms with Gasteiger partial charge in [0.25, 0.3) is 5.91 Å². The maximum absolute atomic E-state index is 12.6. The van der Waals surface area contributed by atoms with Crippen LogP contribution in [0.4, 0.5) is 0 Å². The minimum atomic E-state index is -3.30. The minimum Gasteiger partial charge on any atom is -0.351 e. The quantitative estimate of drug-likeness (QED) is 0.636. The zero-order chi connectivity index (χ0) is 21.1. The van der Waals surface area contributed by atoms with Gasteiger partial charge in [-0.25, -0.2) is 13.1 Å². The van der Waals surface area contributed by atoms with Crippen LogP contribution in [0.2, 0.25) is 10.0 Å². The normalized spacial score (nSPS) is 21.4. The molecule has 0 saturated heterocycles. The SMILES string of the molecule is CCCS(=O)(=O)NC1CC(CNC(=O)c2ccc(Cl)cc2Cl)(c2ccccn2)C1.